The van der Waals surface area contributed by atoms with Crippen molar-refractivity contribution in [2.24, 2.45) is 0 Å². The number of nitrogens with zero attached hydrogens (tertiary/aromatic N) is 3. The van der Waals surface area contributed by atoms with Crippen LogP contribution in [0.25, 0.3) is 11.3 Å². The quantitative estimate of drug-likeness (QED) is 0.452. The fourth-order valence-electron chi connectivity index (χ4n) is 3.57. The number of amides is 1. The highest BCUT2D eigenvalue weighted by Crippen LogP contribution is 2.36. The van der Waals surface area contributed by atoms with Gasteiger partial charge in [0.05, 0.1) is 37.4 Å². The molecule has 1 amide bonds. The van der Waals surface area contributed by atoms with Crippen molar-refractivity contribution in [2.45, 2.75) is 13.0 Å². The monoisotopic (exact) mass is 427 g/mol. The molecular formula is C21H18FN3O6. The van der Waals surface area contributed by atoms with Crippen LogP contribution in [0.1, 0.15) is 21.6 Å². The Morgan fingerprint density at radius 1 is 1.19 bits per heavy atom. The van der Waals surface area contributed by atoms with Crippen molar-refractivity contribution in [2.75, 3.05) is 20.8 Å². The van der Waals surface area contributed by atoms with Crippen molar-refractivity contribution < 1.29 is 28.1 Å². The second-order valence-corrected chi connectivity index (χ2v) is 6.90. The molecule has 0 aliphatic carbocycles. The highest BCUT2D eigenvalue weighted by atomic mass is 19.1. The maximum absolute atomic E-state index is 13.3. The van der Waals surface area contributed by atoms with E-state index in [4.69, 9.17) is 14.0 Å². The average Bonchev–Trinajstić information content (AvgIpc) is 3.21. The molecule has 0 saturated heterocycles. The van der Waals surface area contributed by atoms with Crippen LogP contribution >= 0.6 is 0 Å². The molecule has 0 bridgehead atoms. The van der Waals surface area contributed by atoms with Gasteiger partial charge in [0.25, 0.3) is 11.6 Å². The van der Waals surface area contributed by atoms with E-state index in [0.29, 0.717) is 35.5 Å². The number of methoxy groups -OCH3 is 2. The van der Waals surface area contributed by atoms with Gasteiger partial charge in [-0.2, -0.15) is 0 Å². The third-order valence-electron chi connectivity index (χ3n) is 5.16. The highest BCUT2D eigenvalue weighted by Gasteiger charge is 2.32. The number of hydrogen-bond acceptors (Lipinski definition) is 7. The number of rotatable bonds is 5. The van der Waals surface area contributed by atoms with E-state index in [2.05, 4.69) is 5.16 Å². The van der Waals surface area contributed by atoms with Gasteiger partial charge in [0, 0.05) is 30.2 Å². The Hall–Kier alpha value is -3.95. The summed E-state index contributed by atoms with van der Waals surface area (Å²) < 4.78 is 29.0. The van der Waals surface area contributed by atoms with Crippen LogP contribution < -0.4 is 9.47 Å². The summed E-state index contributed by atoms with van der Waals surface area (Å²) in [5.41, 5.74) is 1.53. The minimum absolute atomic E-state index is 0.106. The van der Waals surface area contributed by atoms with Crippen LogP contribution in [0, 0.1) is 15.9 Å². The van der Waals surface area contributed by atoms with Gasteiger partial charge in [0.1, 0.15) is 11.4 Å². The molecule has 0 fully saturated rings. The van der Waals surface area contributed by atoms with Crippen LogP contribution in [0.3, 0.4) is 0 Å². The second-order valence-electron chi connectivity index (χ2n) is 6.90. The Kier molecular flexibility index (Phi) is 5.28. The van der Waals surface area contributed by atoms with E-state index in [1.54, 1.807) is 12.1 Å². The third-order valence-corrected chi connectivity index (χ3v) is 5.16. The van der Waals surface area contributed by atoms with Gasteiger partial charge in [-0.15, -0.1) is 0 Å². The molecular weight excluding hydrogens is 409 g/mol. The fraction of sp³-hybridized carbons (Fsp3) is 0.238. The van der Waals surface area contributed by atoms with Gasteiger partial charge in [0.2, 0.25) is 0 Å². The van der Waals surface area contributed by atoms with Crippen LogP contribution in [0.5, 0.6) is 11.5 Å². The lowest BCUT2D eigenvalue weighted by Crippen LogP contribution is -2.36. The molecule has 31 heavy (non-hydrogen) atoms. The van der Waals surface area contributed by atoms with Gasteiger partial charge in [-0.05, 0) is 24.3 Å². The molecule has 1 aromatic heterocycles. The van der Waals surface area contributed by atoms with Gasteiger partial charge in [-0.1, -0.05) is 5.16 Å². The number of fused-ring (bicyclic) bond motifs is 1. The van der Waals surface area contributed by atoms with Gasteiger partial charge in [0.15, 0.2) is 17.3 Å². The number of nitro benzene ring substituents is 1. The van der Waals surface area contributed by atoms with Crippen LogP contribution in [-0.4, -0.2) is 41.7 Å². The van der Waals surface area contributed by atoms with Crippen LogP contribution in [0.2, 0.25) is 0 Å². The smallest absolute Gasteiger partial charge is 0.286 e. The van der Waals surface area contributed by atoms with E-state index in [-0.39, 0.29) is 35.1 Å². The summed E-state index contributed by atoms with van der Waals surface area (Å²) in [4.78, 5) is 25.7. The zero-order valence-electron chi connectivity index (χ0n) is 16.8. The number of aromatic nitrogens is 1. The number of ether oxygens (including phenoxy) is 2. The topological polar surface area (TPSA) is 108 Å². The first kappa shape index (κ1) is 20.3. The predicted molar refractivity (Wildman–Crippen MR) is 107 cm³/mol. The van der Waals surface area contributed by atoms with E-state index < -0.39 is 10.8 Å². The van der Waals surface area contributed by atoms with Gasteiger partial charge in [-0.25, -0.2) is 4.39 Å². The van der Waals surface area contributed by atoms with Gasteiger partial charge in [-0.3, -0.25) is 14.9 Å². The number of halogens is 1. The molecule has 0 unspecified atom stereocenters. The maximum atomic E-state index is 13.3. The summed E-state index contributed by atoms with van der Waals surface area (Å²) in [6, 6.07) is 8.23. The highest BCUT2D eigenvalue weighted by molar-refractivity contribution is 5.99. The number of hydrogen-bond donors (Lipinski definition) is 0. The van der Waals surface area contributed by atoms with Crippen LogP contribution in [0.15, 0.2) is 40.9 Å². The molecule has 10 heteroatoms. The number of carbonyl (C=O) groups is 1. The zero-order chi connectivity index (χ0) is 22.1. The lowest BCUT2D eigenvalue weighted by molar-refractivity contribution is -0.385. The minimum atomic E-state index is -0.631. The Labute approximate surface area is 176 Å². The third kappa shape index (κ3) is 3.67. The molecule has 0 saturated carbocycles. The molecule has 0 spiro atoms. The lowest BCUT2D eigenvalue weighted by atomic mass is 10.0. The minimum Gasteiger partial charge on any atom is -0.493 e. The Morgan fingerprint density at radius 3 is 2.52 bits per heavy atom. The second kappa shape index (κ2) is 8.05. The Balaban J connectivity index is 1.69. The van der Waals surface area contributed by atoms with Crippen LogP contribution in [-0.2, 0) is 13.0 Å². The Bertz CT molecular complexity index is 1160. The summed E-state index contributed by atoms with van der Waals surface area (Å²) in [6.07, 6.45) is 0.423. The van der Waals surface area contributed by atoms with Crippen molar-refractivity contribution in [1.82, 2.24) is 10.1 Å². The van der Waals surface area contributed by atoms with Crippen molar-refractivity contribution >= 4 is 11.6 Å². The van der Waals surface area contributed by atoms with Crippen molar-refractivity contribution in [3.8, 4) is 22.8 Å². The first-order valence-corrected chi connectivity index (χ1v) is 9.36. The van der Waals surface area contributed by atoms with E-state index >= 15 is 0 Å². The van der Waals surface area contributed by atoms with Gasteiger partial charge >= 0.3 is 0 Å². The van der Waals surface area contributed by atoms with Crippen molar-refractivity contribution in [1.29, 1.82) is 0 Å². The first-order chi connectivity index (χ1) is 14.9. The standard InChI is InChI=1S/C21H18FN3O6/c1-29-18-9-14(17(25(27)28)10-19(18)30-2)21(26)24-8-7-16-15(11-24)20(31-23-16)12-3-5-13(22)6-4-12/h3-6,9-10H,7-8,11H2,1-2H3. The zero-order valence-corrected chi connectivity index (χ0v) is 16.8. The van der Waals surface area contributed by atoms with Crippen molar-refractivity contribution in [3.63, 3.8) is 0 Å². The van der Waals surface area contributed by atoms with E-state index in [1.165, 1.54) is 43.4 Å². The Morgan fingerprint density at radius 2 is 1.87 bits per heavy atom. The first-order valence-electron chi connectivity index (χ1n) is 9.36. The summed E-state index contributed by atoms with van der Waals surface area (Å²) in [5.74, 6) is -0.0935. The summed E-state index contributed by atoms with van der Waals surface area (Å²) in [7, 11) is 2.75. The molecule has 1 aliphatic rings. The predicted octanol–water partition coefficient (Wildman–Crippen LogP) is 3.60. The van der Waals surface area contributed by atoms with E-state index in [0.717, 1.165) is 0 Å². The fourth-order valence-corrected chi connectivity index (χ4v) is 3.57. The SMILES string of the molecule is COc1cc(C(=O)N2CCc3noc(-c4ccc(F)cc4)c3C2)c([N+](=O)[O-])cc1OC. The molecule has 9 nitrogen and oxygen atoms in total. The number of carbonyl (C=O) groups excluding carboxylic acids is 1. The average molecular weight is 427 g/mol. The van der Waals surface area contributed by atoms with E-state index in [1.807, 2.05) is 0 Å². The number of nitro groups is 1. The molecule has 160 valence electrons. The largest absolute Gasteiger partial charge is 0.493 e. The molecule has 3 aromatic rings. The normalized spacial score (nSPS) is 12.9. The molecule has 0 N–H and O–H groups in total. The van der Waals surface area contributed by atoms with Gasteiger partial charge < -0.3 is 18.9 Å². The molecule has 4 rings (SSSR count). The molecule has 1 aliphatic heterocycles. The molecule has 2 aromatic carbocycles. The van der Waals surface area contributed by atoms with E-state index in [9.17, 15) is 19.3 Å². The summed E-state index contributed by atoms with van der Waals surface area (Å²) in [5, 5.41) is 15.6. The summed E-state index contributed by atoms with van der Waals surface area (Å²) in [6.45, 7) is 0.461. The maximum Gasteiger partial charge on any atom is 0.286 e. The lowest BCUT2D eigenvalue weighted by Gasteiger charge is -2.26. The molecule has 2 heterocycles. The summed E-state index contributed by atoms with van der Waals surface area (Å²) >= 11 is 0. The molecule has 0 radical (unpaired) electrons. The number of benzene rings is 2. The van der Waals surface area contributed by atoms with Crippen LogP contribution in [0.4, 0.5) is 10.1 Å². The molecule has 0 atom stereocenters. The van der Waals surface area contributed by atoms with Crippen molar-refractivity contribution in [3.05, 3.63) is 69.2 Å².